The molecule has 0 radical (unpaired) electrons. The van der Waals surface area contributed by atoms with E-state index in [0.717, 1.165) is 37.1 Å². The molecule has 1 fully saturated rings. The highest BCUT2D eigenvalue weighted by atomic mass is 16.5. The van der Waals surface area contributed by atoms with Crippen molar-refractivity contribution in [2.45, 2.75) is 32.2 Å². The first-order valence-electron chi connectivity index (χ1n) is 7.90. The van der Waals surface area contributed by atoms with Crippen LogP contribution in [-0.2, 0) is 11.2 Å². The maximum absolute atomic E-state index is 12.8. The van der Waals surface area contributed by atoms with E-state index in [-0.39, 0.29) is 11.8 Å². The van der Waals surface area contributed by atoms with Crippen molar-refractivity contribution in [3.05, 3.63) is 29.8 Å². The summed E-state index contributed by atoms with van der Waals surface area (Å²) >= 11 is 0. The lowest BCUT2D eigenvalue weighted by molar-refractivity contribution is -0.141. The van der Waals surface area contributed by atoms with Gasteiger partial charge in [-0.2, -0.15) is 0 Å². The number of amides is 1. The van der Waals surface area contributed by atoms with Gasteiger partial charge in [-0.3, -0.25) is 4.79 Å². The van der Waals surface area contributed by atoms with Crippen LogP contribution < -0.4 is 10.5 Å². The summed E-state index contributed by atoms with van der Waals surface area (Å²) in [5.74, 6) is 1.55. The lowest BCUT2D eigenvalue weighted by Gasteiger charge is -2.40. The first-order chi connectivity index (χ1) is 10.2. The average molecular weight is 288 g/mol. The van der Waals surface area contributed by atoms with Crippen molar-refractivity contribution in [3.63, 3.8) is 0 Å². The van der Waals surface area contributed by atoms with E-state index < -0.39 is 0 Å². The zero-order chi connectivity index (χ0) is 14.8. The zero-order valence-electron chi connectivity index (χ0n) is 12.6. The van der Waals surface area contributed by atoms with Crippen molar-refractivity contribution in [3.8, 4) is 5.75 Å². The first kappa shape index (κ1) is 14.4. The minimum atomic E-state index is -0.0566. The van der Waals surface area contributed by atoms with Crippen LogP contribution in [0.3, 0.4) is 0 Å². The summed E-state index contributed by atoms with van der Waals surface area (Å²) in [7, 11) is 0. The highest BCUT2D eigenvalue weighted by molar-refractivity contribution is 5.80. The SMILES string of the molecule is CC1CCC(CN)CN1C(=O)C1COc2ccccc2C1. The summed E-state index contributed by atoms with van der Waals surface area (Å²) in [6.45, 7) is 4.10. The van der Waals surface area contributed by atoms with E-state index in [9.17, 15) is 4.79 Å². The molecule has 2 heterocycles. The fourth-order valence-electron chi connectivity index (χ4n) is 3.40. The largest absolute Gasteiger partial charge is 0.492 e. The minimum absolute atomic E-state index is 0.0566. The molecule has 0 spiro atoms. The summed E-state index contributed by atoms with van der Waals surface area (Å²) in [5.41, 5.74) is 6.93. The molecule has 114 valence electrons. The number of ether oxygens (including phenoxy) is 1. The Hall–Kier alpha value is -1.55. The normalized spacial score (nSPS) is 28.7. The predicted octanol–water partition coefficient (Wildman–Crippen LogP) is 1.82. The molecule has 1 amide bonds. The Balaban J connectivity index is 1.71. The fourth-order valence-corrected chi connectivity index (χ4v) is 3.40. The Morgan fingerprint density at radius 3 is 3.00 bits per heavy atom. The standard InChI is InChI=1S/C17H24N2O2/c1-12-6-7-13(9-18)10-19(12)17(20)15-8-14-4-2-3-5-16(14)21-11-15/h2-5,12-13,15H,6-11,18H2,1H3. The molecule has 0 aliphatic carbocycles. The van der Waals surface area contributed by atoms with Gasteiger partial charge in [0.05, 0.1) is 5.92 Å². The van der Waals surface area contributed by atoms with Crippen LogP contribution in [0.25, 0.3) is 0 Å². The van der Waals surface area contributed by atoms with Gasteiger partial charge in [0.25, 0.3) is 0 Å². The highest BCUT2D eigenvalue weighted by Crippen LogP contribution is 2.30. The molecule has 2 N–H and O–H groups in total. The third-order valence-corrected chi connectivity index (χ3v) is 4.82. The quantitative estimate of drug-likeness (QED) is 0.903. The van der Waals surface area contributed by atoms with Gasteiger partial charge in [-0.1, -0.05) is 18.2 Å². The van der Waals surface area contributed by atoms with Gasteiger partial charge in [-0.25, -0.2) is 0 Å². The number of fused-ring (bicyclic) bond motifs is 1. The minimum Gasteiger partial charge on any atom is -0.492 e. The molecule has 0 bridgehead atoms. The van der Waals surface area contributed by atoms with E-state index in [0.29, 0.717) is 25.1 Å². The third-order valence-electron chi connectivity index (χ3n) is 4.82. The van der Waals surface area contributed by atoms with Crippen molar-refractivity contribution < 1.29 is 9.53 Å². The Labute approximate surface area is 126 Å². The second-order valence-electron chi connectivity index (χ2n) is 6.34. The summed E-state index contributed by atoms with van der Waals surface area (Å²) in [6.07, 6.45) is 2.97. The maximum atomic E-state index is 12.8. The van der Waals surface area contributed by atoms with Gasteiger partial charge in [0.15, 0.2) is 0 Å². The molecule has 21 heavy (non-hydrogen) atoms. The van der Waals surface area contributed by atoms with Gasteiger partial charge in [0, 0.05) is 12.6 Å². The van der Waals surface area contributed by atoms with Crippen molar-refractivity contribution in [2.24, 2.45) is 17.6 Å². The van der Waals surface area contributed by atoms with Crippen LogP contribution in [0.15, 0.2) is 24.3 Å². The number of nitrogens with two attached hydrogens (primary N) is 1. The first-order valence-corrected chi connectivity index (χ1v) is 7.90. The molecule has 2 aliphatic heterocycles. The molecule has 3 atom stereocenters. The zero-order valence-corrected chi connectivity index (χ0v) is 12.6. The molecule has 2 aliphatic rings. The summed E-state index contributed by atoms with van der Waals surface area (Å²) in [6, 6.07) is 8.32. The van der Waals surface area contributed by atoms with E-state index in [1.54, 1.807) is 0 Å². The average Bonchev–Trinajstić information content (AvgIpc) is 2.54. The molecule has 1 saturated heterocycles. The van der Waals surface area contributed by atoms with Crippen LogP contribution in [0.5, 0.6) is 5.75 Å². The van der Waals surface area contributed by atoms with E-state index in [2.05, 4.69) is 13.0 Å². The molecule has 3 unspecified atom stereocenters. The Kier molecular flexibility index (Phi) is 4.15. The van der Waals surface area contributed by atoms with Crippen molar-refractivity contribution >= 4 is 5.91 Å². The third kappa shape index (κ3) is 2.91. The molecule has 0 saturated carbocycles. The molecule has 4 heteroatoms. The summed E-state index contributed by atoms with van der Waals surface area (Å²) in [4.78, 5) is 14.9. The van der Waals surface area contributed by atoms with Crippen molar-refractivity contribution in [1.82, 2.24) is 4.90 Å². The molecule has 0 aromatic heterocycles. The van der Waals surface area contributed by atoms with E-state index in [4.69, 9.17) is 10.5 Å². The molecule has 3 rings (SSSR count). The van der Waals surface area contributed by atoms with Gasteiger partial charge in [0.1, 0.15) is 12.4 Å². The second-order valence-corrected chi connectivity index (χ2v) is 6.34. The number of carbonyl (C=O) groups excluding carboxylic acids is 1. The fraction of sp³-hybridized carbons (Fsp3) is 0.588. The van der Waals surface area contributed by atoms with Crippen LogP contribution in [-0.4, -0.2) is 36.5 Å². The lowest BCUT2D eigenvalue weighted by Crippen LogP contribution is -2.50. The molecular formula is C17H24N2O2. The van der Waals surface area contributed by atoms with Crippen LogP contribution in [0.4, 0.5) is 0 Å². The number of para-hydroxylation sites is 1. The van der Waals surface area contributed by atoms with Gasteiger partial charge in [0.2, 0.25) is 5.91 Å². The number of rotatable bonds is 2. The van der Waals surface area contributed by atoms with E-state index in [1.165, 1.54) is 0 Å². The number of hydrogen-bond donors (Lipinski definition) is 1. The van der Waals surface area contributed by atoms with Crippen molar-refractivity contribution in [1.29, 1.82) is 0 Å². The van der Waals surface area contributed by atoms with Crippen LogP contribution in [0.1, 0.15) is 25.3 Å². The predicted molar refractivity (Wildman–Crippen MR) is 82.1 cm³/mol. The smallest absolute Gasteiger partial charge is 0.229 e. The number of carbonyl (C=O) groups is 1. The Morgan fingerprint density at radius 1 is 1.38 bits per heavy atom. The Bertz CT molecular complexity index is 517. The monoisotopic (exact) mass is 288 g/mol. The highest BCUT2D eigenvalue weighted by Gasteiger charge is 2.34. The van der Waals surface area contributed by atoms with Crippen molar-refractivity contribution in [2.75, 3.05) is 19.7 Å². The number of hydrogen-bond acceptors (Lipinski definition) is 3. The van der Waals surface area contributed by atoms with E-state index in [1.807, 2.05) is 23.1 Å². The summed E-state index contributed by atoms with van der Waals surface area (Å²) in [5, 5.41) is 0. The number of benzene rings is 1. The topological polar surface area (TPSA) is 55.6 Å². The lowest BCUT2D eigenvalue weighted by atomic mass is 9.90. The van der Waals surface area contributed by atoms with Crippen LogP contribution in [0.2, 0.25) is 0 Å². The molecule has 1 aromatic carbocycles. The van der Waals surface area contributed by atoms with Gasteiger partial charge in [-0.15, -0.1) is 0 Å². The number of piperidine rings is 1. The number of likely N-dealkylation sites (tertiary alicyclic amines) is 1. The van der Waals surface area contributed by atoms with E-state index >= 15 is 0 Å². The van der Waals surface area contributed by atoms with Crippen LogP contribution >= 0.6 is 0 Å². The van der Waals surface area contributed by atoms with Gasteiger partial charge in [-0.05, 0) is 50.3 Å². The maximum Gasteiger partial charge on any atom is 0.229 e. The second kappa shape index (κ2) is 6.06. The van der Waals surface area contributed by atoms with Gasteiger partial charge >= 0.3 is 0 Å². The Morgan fingerprint density at radius 2 is 2.19 bits per heavy atom. The molecule has 4 nitrogen and oxygen atoms in total. The number of nitrogens with zero attached hydrogens (tertiary/aromatic N) is 1. The summed E-state index contributed by atoms with van der Waals surface area (Å²) < 4.78 is 5.76. The molecular weight excluding hydrogens is 264 g/mol. The van der Waals surface area contributed by atoms with Gasteiger partial charge < -0.3 is 15.4 Å². The van der Waals surface area contributed by atoms with Crippen LogP contribution in [0, 0.1) is 11.8 Å². The molecule has 1 aromatic rings.